The van der Waals surface area contributed by atoms with Crippen molar-refractivity contribution in [2.24, 2.45) is 17.8 Å². The van der Waals surface area contributed by atoms with Crippen LogP contribution in [0, 0.1) is 17.8 Å². The fourth-order valence-corrected chi connectivity index (χ4v) is 7.30. The van der Waals surface area contributed by atoms with E-state index < -0.39 is 12.2 Å². The Morgan fingerprint density at radius 2 is 1.37 bits per heavy atom. The molecule has 0 spiro atoms. The average Bonchev–Trinajstić information content (AvgIpc) is 2.85. The monoisotopic (exact) mass is 524 g/mol. The normalized spacial score (nSPS) is 27.8. The lowest BCUT2D eigenvalue weighted by molar-refractivity contribution is -0.160. The van der Waals surface area contributed by atoms with Gasteiger partial charge in [0.05, 0.1) is 14.2 Å². The van der Waals surface area contributed by atoms with Gasteiger partial charge in [-0.2, -0.15) is 0 Å². The number of rotatable bonds is 4. The number of carbonyl (C=O) groups excluding carboxylic acids is 2. The maximum atomic E-state index is 12.2. The van der Waals surface area contributed by atoms with Crippen molar-refractivity contribution in [1.29, 1.82) is 0 Å². The first-order chi connectivity index (χ1) is 18.2. The van der Waals surface area contributed by atoms with Crippen LogP contribution in [0.5, 0.6) is 23.0 Å². The summed E-state index contributed by atoms with van der Waals surface area (Å²) in [5, 5.41) is 21.0. The van der Waals surface area contributed by atoms with Crippen molar-refractivity contribution >= 4 is 11.9 Å². The van der Waals surface area contributed by atoms with Crippen molar-refractivity contribution in [3.63, 3.8) is 0 Å². The highest BCUT2D eigenvalue weighted by Crippen LogP contribution is 2.53. The number of fused-ring (bicyclic) bond motifs is 6. The minimum Gasteiger partial charge on any atom is -0.504 e. The molecule has 0 unspecified atom stereocenters. The summed E-state index contributed by atoms with van der Waals surface area (Å²) in [6.45, 7) is 2.83. The SMILES string of the molecule is COc1cc2c(cc1O)C[C@H]1[C@H]3CCc4cc(O)c(OC)cc4[C@@H]3C[C@@H](OC(C)=O)C[C@@H](OC(C)=O)[C@H]1C2. The number of hydrogen-bond donors (Lipinski definition) is 2. The molecule has 204 valence electrons. The van der Waals surface area contributed by atoms with Gasteiger partial charge in [-0.3, -0.25) is 9.59 Å². The van der Waals surface area contributed by atoms with Gasteiger partial charge in [-0.05, 0) is 96.4 Å². The summed E-state index contributed by atoms with van der Waals surface area (Å²) in [7, 11) is 3.07. The van der Waals surface area contributed by atoms with E-state index in [9.17, 15) is 19.8 Å². The van der Waals surface area contributed by atoms with Crippen LogP contribution in [0.15, 0.2) is 24.3 Å². The van der Waals surface area contributed by atoms with Gasteiger partial charge in [0, 0.05) is 26.2 Å². The van der Waals surface area contributed by atoms with E-state index in [2.05, 4.69) is 0 Å². The van der Waals surface area contributed by atoms with Crippen LogP contribution >= 0.6 is 0 Å². The molecule has 8 nitrogen and oxygen atoms in total. The van der Waals surface area contributed by atoms with Gasteiger partial charge < -0.3 is 29.2 Å². The van der Waals surface area contributed by atoms with E-state index in [4.69, 9.17) is 18.9 Å². The zero-order valence-electron chi connectivity index (χ0n) is 22.4. The summed E-state index contributed by atoms with van der Waals surface area (Å²) < 4.78 is 22.6. The Balaban J connectivity index is 1.62. The maximum absolute atomic E-state index is 12.2. The van der Waals surface area contributed by atoms with Crippen molar-refractivity contribution in [3.8, 4) is 23.0 Å². The molecule has 2 N–H and O–H groups in total. The van der Waals surface area contributed by atoms with Crippen molar-refractivity contribution in [2.45, 2.75) is 70.5 Å². The minimum atomic E-state index is -0.424. The number of carbonyl (C=O) groups is 2. The van der Waals surface area contributed by atoms with Gasteiger partial charge in [-0.1, -0.05) is 0 Å². The summed E-state index contributed by atoms with van der Waals surface area (Å²) in [5.74, 6) is 0.843. The van der Waals surface area contributed by atoms with Crippen LogP contribution in [-0.2, 0) is 38.3 Å². The second kappa shape index (κ2) is 10.4. The third-order valence-corrected chi connectivity index (χ3v) is 8.76. The molecule has 0 amide bonds. The van der Waals surface area contributed by atoms with Gasteiger partial charge in [0.25, 0.3) is 0 Å². The van der Waals surface area contributed by atoms with Gasteiger partial charge in [0.2, 0.25) is 0 Å². The van der Waals surface area contributed by atoms with E-state index in [1.54, 1.807) is 19.2 Å². The lowest BCUT2D eigenvalue weighted by Crippen LogP contribution is -2.47. The van der Waals surface area contributed by atoms with Crippen LogP contribution in [0.1, 0.15) is 61.3 Å². The molecule has 0 radical (unpaired) electrons. The summed E-state index contributed by atoms with van der Waals surface area (Å²) in [4.78, 5) is 24.4. The molecule has 2 aromatic carbocycles. The van der Waals surface area contributed by atoms with Crippen molar-refractivity contribution in [2.75, 3.05) is 14.2 Å². The zero-order chi connectivity index (χ0) is 27.1. The molecule has 3 aliphatic rings. The third kappa shape index (κ3) is 4.88. The second-order valence-corrected chi connectivity index (χ2v) is 10.9. The van der Waals surface area contributed by atoms with Crippen LogP contribution in [0.25, 0.3) is 0 Å². The molecule has 0 heterocycles. The Morgan fingerprint density at radius 3 is 2.03 bits per heavy atom. The topological polar surface area (TPSA) is 112 Å². The second-order valence-electron chi connectivity index (χ2n) is 10.9. The van der Waals surface area contributed by atoms with E-state index in [0.29, 0.717) is 30.8 Å². The number of aromatic hydroxyl groups is 2. The van der Waals surface area contributed by atoms with Crippen molar-refractivity contribution in [3.05, 3.63) is 46.5 Å². The Morgan fingerprint density at radius 1 is 0.763 bits per heavy atom. The number of hydrogen-bond acceptors (Lipinski definition) is 8. The molecule has 38 heavy (non-hydrogen) atoms. The van der Waals surface area contributed by atoms with E-state index in [1.165, 1.54) is 21.0 Å². The number of esters is 2. The third-order valence-electron chi connectivity index (χ3n) is 8.76. The van der Waals surface area contributed by atoms with Gasteiger partial charge in [0.1, 0.15) is 12.2 Å². The molecule has 5 rings (SSSR count). The predicted octanol–water partition coefficient (Wildman–Crippen LogP) is 4.45. The van der Waals surface area contributed by atoms with Crippen LogP contribution < -0.4 is 9.47 Å². The van der Waals surface area contributed by atoms with Gasteiger partial charge in [-0.15, -0.1) is 0 Å². The van der Waals surface area contributed by atoms with E-state index in [1.807, 2.05) is 12.1 Å². The molecule has 2 aromatic rings. The molecule has 0 aliphatic heterocycles. The molecule has 3 aliphatic carbocycles. The predicted molar refractivity (Wildman–Crippen MR) is 139 cm³/mol. The zero-order valence-corrected chi connectivity index (χ0v) is 22.4. The lowest BCUT2D eigenvalue weighted by Gasteiger charge is -2.49. The molecule has 0 saturated heterocycles. The maximum Gasteiger partial charge on any atom is 0.302 e. The van der Waals surface area contributed by atoms with E-state index >= 15 is 0 Å². The van der Waals surface area contributed by atoms with Crippen molar-refractivity contribution in [1.82, 2.24) is 0 Å². The quantitative estimate of drug-likeness (QED) is 0.565. The number of methoxy groups -OCH3 is 2. The van der Waals surface area contributed by atoms with Gasteiger partial charge in [-0.25, -0.2) is 0 Å². The number of phenolic OH excluding ortho intramolecular Hbond substituents is 2. The van der Waals surface area contributed by atoms with Crippen LogP contribution in [0.3, 0.4) is 0 Å². The highest BCUT2D eigenvalue weighted by Gasteiger charge is 2.48. The first-order valence-electron chi connectivity index (χ1n) is 13.3. The first kappa shape index (κ1) is 26.2. The molecule has 6 atom stereocenters. The first-order valence-corrected chi connectivity index (χ1v) is 13.3. The van der Waals surface area contributed by atoms with E-state index in [0.717, 1.165) is 41.5 Å². The summed E-state index contributed by atoms with van der Waals surface area (Å²) in [6, 6.07) is 7.41. The smallest absolute Gasteiger partial charge is 0.302 e. The average molecular weight is 525 g/mol. The number of ether oxygens (including phenoxy) is 4. The Bertz CT molecular complexity index is 1240. The summed E-state index contributed by atoms with van der Waals surface area (Å²) in [6.07, 6.45) is 3.26. The Labute approximate surface area is 222 Å². The van der Waals surface area contributed by atoms with Crippen molar-refractivity contribution < 1.29 is 38.7 Å². The molecule has 1 saturated carbocycles. The summed E-state index contributed by atoms with van der Waals surface area (Å²) >= 11 is 0. The van der Waals surface area contributed by atoms with E-state index in [-0.39, 0.29) is 47.1 Å². The number of benzene rings is 2. The summed E-state index contributed by atoms with van der Waals surface area (Å²) in [5.41, 5.74) is 4.34. The number of phenols is 2. The molecule has 1 fully saturated rings. The van der Waals surface area contributed by atoms with Gasteiger partial charge >= 0.3 is 11.9 Å². The minimum absolute atomic E-state index is 0.00654. The van der Waals surface area contributed by atoms with Gasteiger partial charge in [0.15, 0.2) is 23.0 Å². The molecule has 8 heteroatoms. The molecular weight excluding hydrogens is 488 g/mol. The fraction of sp³-hybridized carbons (Fsp3) is 0.533. The Hall–Kier alpha value is -3.42. The highest BCUT2D eigenvalue weighted by atomic mass is 16.6. The largest absolute Gasteiger partial charge is 0.504 e. The standard InChI is InChI=1S/C30H36O8/c1-15(31)37-20-12-24-21(6-5-17-9-26(33)30(36-4)14-22(17)24)23-7-18-10-27(34)29(35-3)11-19(18)8-25(23)28(13-20)38-16(2)32/h9-11,14,20-21,23-25,28,33-34H,5-8,12-13H2,1-4H3/t20-,21-,23+,24-,25+,28-/m1/s1. The molecule has 0 aromatic heterocycles. The molecule has 0 bridgehead atoms. The van der Waals surface area contributed by atoms with Crippen LogP contribution in [-0.4, -0.2) is 48.6 Å². The number of aryl methyl sites for hydroxylation is 1. The molecular formula is C30H36O8. The lowest BCUT2D eigenvalue weighted by atomic mass is 9.58. The fourth-order valence-electron chi connectivity index (χ4n) is 7.30. The Kier molecular flexibility index (Phi) is 7.16. The highest BCUT2D eigenvalue weighted by molar-refractivity contribution is 5.67. The van der Waals surface area contributed by atoms with Crippen LogP contribution in [0.4, 0.5) is 0 Å². The van der Waals surface area contributed by atoms with Crippen LogP contribution in [0.2, 0.25) is 0 Å².